The van der Waals surface area contributed by atoms with Gasteiger partial charge in [-0.2, -0.15) is 0 Å². The fraction of sp³-hybridized carbons (Fsp3) is 0.526. The zero-order valence-corrected chi connectivity index (χ0v) is 19.5. The second-order valence-corrected chi connectivity index (χ2v) is 7.48. The summed E-state index contributed by atoms with van der Waals surface area (Å²) in [6.45, 7) is 8.95. The fourth-order valence-electron chi connectivity index (χ4n) is 2.44. The van der Waals surface area contributed by atoms with Crippen LogP contribution in [0.4, 0.5) is 14.9 Å². The molecule has 0 radical (unpaired) electrons. The summed E-state index contributed by atoms with van der Waals surface area (Å²) in [5.74, 6) is -0.186. The molecule has 29 heavy (non-hydrogen) atoms. The molecule has 2 amide bonds. The number of benzene rings is 1. The third-order valence-corrected chi connectivity index (χ3v) is 3.73. The fourth-order valence-corrected chi connectivity index (χ4v) is 2.44. The van der Waals surface area contributed by atoms with Crippen LogP contribution in [0.15, 0.2) is 29.3 Å². The summed E-state index contributed by atoms with van der Waals surface area (Å²) in [4.78, 5) is 29.8. The molecule has 0 aliphatic carbocycles. The van der Waals surface area contributed by atoms with Gasteiger partial charge in [-0.3, -0.25) is 4.79 Å². The van der Waals surface area contributed by atoms with Gasteiger partial charge >= 0.3 is 6.09 Å². The molecule has 0 bridgehead atoms. The molecule has 0 aromatic heterocycles. The normalized spacial score (nSPS) is 14.4. The monoisotopic (exact) mass is 521 g/mol. The highest BCUT2D eigenvalue weighted by Crippen LogP contribution is 2.15. The summed E-state index contributed by atoms with van der Waals surface area (Å²) in [5.41, 5.74) is -0.0179. The van der Waals surface area contributed by atoms with E-state index in [1.54, 1.807) is 4.90 Å². The number of nitrogens with zero attached hydrogens (tertiary/aromatic N) is 2. The maximum atomic E-state index is 12.9. The summed E-state index contributed by atoms with van der Waals surface area (Å²) in [7, 11) is 0. The molecule has 0 atom stereocenters. The van der Waals surface area contributed by atoms with Crippen LogP contribution >= 0.6 is 24.0 Å². The molecule has 1 heterocycles. The van der Waals surface area contributed by atoms with Crippen LogP contribution in [0.25, 0.3) is 0 Å². The number of halogens is 2. The highest BCUT2D eigenvalue weighted by molar-refractivity contribution is 14.0. The second-order valence-electron chi connectivity index (χ2n) is 7.48. The Kier molecular flexibility index (Phi) is 9.60. The molecule has 2 rings (SSSR count). The predicted molar refractivity (Wildman–Crippen MR) is 121 cm³/mol. The molecule has 8 nitrogen and oxygen atoms in total. The van der Waals surface area contributed by atoms with Crippen molar-refractivity contribution in [2.45, 2.75) is 39.3 Å². The number of hydrogen-bond acceptors (Lipinski definition) is 4. The smallest absolute Gasteiger partial charge is 0.410 e. The van der Waals surface area contributed by atoms with Crippen molar-refractivity contribution < 1.29 is 18.7 Å². The van der Waals surface area contributed by atoms with E-state index in [2.05, 4.69) is 20.9 Å². The number of carbonyl (C=O) groups excluding carboxylic acids is 2. The lowest BCUT2D eigenvalue weighted by Crippen LogP contribution is -2.63. The van der Waals surface area contributed by atoms with Crippen LogP contribution in [0.2, 0.25) is 0 Å². The van der Waals surface area contributed by atoms with Crippen molar-refractivity contribution in [2.24, 2.45) is 4.99 Å². The molecular formula is C19H29FIN5O3. The van der Waals surface area contributed by atoms with E-state index in [0.717, 1.165) is 0 Å². The first-order valence-corrected chi connectivity index (χ1v) is 9.24. The molecule has 1 saturated heterocycles. The van der Waals surface area contributed by atoms with Crippen LogP contribution in [0.1, 0.15) is 27.7 Å². The molecule has 0 saturated carbocycles. The van der Waals surface area contributed by atoms with Gasteiger partial charge in [-0.1, -0.05) is 0 Å². The molecule has 0 unspecified atom stereocenters. The Morgan fingerprint density at radius 3 is 2.41 bits per heavy atom. The van der Waals surface area contributed by atoms with Crippen molar-refractivity contribution in [1.29, 1.82) is 0 Å². The van der Waals surface area contributed by atoms with Crippen LogP contribution in [0.5, 0.6) is 0 Å². The van der Waals surface area contributed by atoms with Crippen molar-refractivity contribution in [3.63, 3.8) is 0 Å². The first-order chi connectivity index (χ1) is 13.2. The van der Waals surface area contributed by atoms with Crippen molar-refractivity contribution in [3.05, 3.63) is 30.1 Å². The standard InChI is InChI=1S/C19H28FN5O3.HI/c1-5-21-17(22-10-16(26)23-14-8-6-13(20)7-9-14)24-15-11-25(12-15)18(27)28-19(2,3)4;/h6-9,15H,5,10-12H2,1-4H3,(H,23,26)(H2,21,22,24);1H. The highest BCUT2D eigenvalue weighted by atomic mass is 127. The topological polar surface area (TPSA) is 95.1 Å². The quantitative estimate of drug-likeness (QED) is 0.315. The van der Waals surface area contributed by atoms with Gasteiger partial charge in [0, 0.05) is 25.3 Å². The molecule has 10 heteroatoms. The highest BCUT2D eigenvalue weighted by Gasteiger charge is 2.34. The summed E-state index contributed by atoms with van der Waals surface area (Å²) in [5, 5.41) is 8.91. The average molecular weight is 521 g/mol. The van der Waals surface area contributed by atoms with Gasteiger partial charge in [0.05, 0.1) is 6.04 Å². The molecule has 1 fully saturated rings. The van der Waals surface area contributed by atoms with Crippen molar-refractivity contribution >= 4 is 47.6 Å². The molecular weight excluding hydrogens is 492 g/mol. The SMILES string of the molecule is CCNC(=NCC(=O)Nc1ccc(F)cc1)NC1CN(C(=O)OC(C)(C)C)C1.I. The number of likely N-dealkylation sites (tertiary alicyclic amines) is 1. The van der Waals surface area contributed by atoms with E-state index in [4.69, 9.17) is 4.74 Å². The van der Waals surface area contributed by atoms with Crippen molar-refractivity contribution in [3.8, 4) is 0 Å². The third kappa shape index (κ3) is 8.84. The average Bonchev–Trinajstić information content (AvgIpc) is 2.55. The van der Waals surface area contributed by atoms with Crippen LogP contribution in [0.3, 0.4) is 0 Å². The number of amides is 2. The van der Waals surface area contributed by atoms with Crippen LogP contribution in [-0.2, 0) is 9.53 Å². The molecule has 0 spiro atoms. The zero-order valence-electron chi connectivity index (χ0n) is 17.1. The second kappa shape index (κ2) is 11.2. The largest absolute Gasteiger partial charge is 0.444 e. The maximum absolute atomic E-state index is 12.9. The molecule has 1 aromatic rings. The van der Waals surface area contributed by atoms with Gasteiger partial charge in [0.2, 0.25) is 5.91 Å². The van der Waals surface area contributed by atoms with Gasteiger partial charge in [-0.15, -0.1) is 24.0 Å². The van der Waals surface area contributed by atoms with Crippen molar-refractivity contribution in [2.75, 3.05) is 31.5 Å². The van der Waals surface area contributed by atoms with E-state index in [9.17, 15) is 14.0 Å². The number of hydrogen-bond donors (Lipinski definition) is 3. The van der Waals surface area contributed by atoms with Crippen LogP contribution in [-0.4, -0.2) is 60.7 Å². The lowest BCUT2D eigenvalue weighted by Gasteiger charge is -2.40. The Morgan fingerprint density at radius 1 is 1.24 bits per heavy atom. The lowest BCUT2D eigenvalue weighted by molar-refractivity contribution is -0.114. The van der Waals surface area contributed by atoms with E-state index in [1.165, 1.54) is 24.3 Å². The Hall–Kier alpha value is -2.11. The van der Waals surface area contributed by atoms with E-state index < -0.39 is 5.60 Å². The van der Waals surface area contributed by atoms with Gasteiger partial charge in [0.1, 0.15) is 18.0 Å². The molecule has 1 aliphatic heterocycles. The van der Waals surface area contributed by atoms with E-state index in [-0.39, 0.29) is 54.4 Å². The van der Waals surface area contributed by atoms with E-state index in [1.807, 2.05) is 27.7 Å². The molecule has 1 aliphatic rings. The zero-order chi connectivity index (χ0) is 20.7. The van der Waals surface area contributed by atoms with E-state index in [0.29, 0.717) is 31.3 Å². The first kappa shape index (κ1) is 24.9. The Bertz CT molecular complexity index is 716. The van der Waals surface area contributed by atoms with E-state index >= 15 is 0 Å². The Morgan fingerprint density at radius 2 is 1.86 bits per heavy atom. The Labute approximate surface area is 187 Å². The van der Waals surface area contributed by atoms with Gasteiger partial charge in [-0.05, 0) is 52.0 Å². The van der Waals surface area contributed by atoms with Crippen LogP contribution in [0, 0.1) is 5.82 Å². The summed E-state index contributed by atoms with van der Waals surface area (Å²) in [6.07, 6.45) is -0.342. The maximum Gasteiger partial charge on any atom is 0.410 e. The van der Waals surface area contributed by atoms with Gasteiger partial charge < -0.3 is 25.6 Å². The number of nitrogens with one attached hydrogen (secondary N) is 3. The van der Waals surface area contributed by atoms with Crippen LogP contribution < -0.4 is 16.0 Å². The first-order valence-electron chi connectivity index (χ1n) is 9.24. The summed E-state index contributed by atoms with van der Waals surface area (Å²) in [6, 6.07) is 5.56. The molecule has 1 aromatic carbocycles. The van der Waals surface area contributed by atoms with Gasteiger partial charge in [0.25, 0.3) is 0 Å². The number of carbonyl (C=O) groups is 2. The van der Waals surface area contributed by atoms with Gasteiger partial charge in [-0.25, -0.2) is 14.2 Å². The molecule has 162 valence electrons. The lowest BCUT2D eigenvalue weighted by atomic mass is 10.1. The predicted octanol–water partition coefficient (Wildman–Crippen LogP) is 2.56. The number of anilines is 1. The third-order valence-electron chi connectivity index (χ3n) is 3.73. The minimum absolute atomic E-state index is 0. The summed E-state index contributed by atoms with van der Waals surface area (Å²) < 4.78 is 18.2. The number of rotatable bonds is 5. The number of aliphatic imine (C=N–C) groups is 1. The minimum Gasteiger partial charge on any atom is -0.444 e. The summed E-state index contributed by atoms with van der Waals surface area (Å²) >= 11 is 0. The minimum atomic E-state index is -0.524. The Balaban J connectivity index is 0.00000420. The van der Waals surface area contributed by atoms with Gasteiger partial charge in [0.15, 0.2) is 5.96 Å². The number of ether oxygens (including phenoxy) is 1. The van der Waals surface area contributed by atoms with Crippen molar-refractivity contribution in [1.82, 2.24) is 15.5 Å². The number of guanidine groups is 1. The molecule has 3 N–H and O–H groups in total.